The topological polar surface area (TPSA) is 88.6 Å². The Morgan fingerprint density at radius 3 is 2.78 bits per heavy atom. The Morgan fingerprint density at radius 1 is 1.52 bits per heavy atom. The Bertz CT molecular complexity index is 652. The Hall–Kier alpha value is -1.81. The van der Waals surface area contributed by atoms with E-state index in [4.69, 9.17) is 0 Å². The molecule has 10 heteroatoms. The largest absolute Gasteiger partial charge is 0.417 e. The zero-order valence-corrected chi connectivity index (χ0v) is 13.2. The van der Waals surface area contributed by atoms with Gasteiger partial charge in [-0.15, -0.1) is 0 Å². The maximum atomic E-state index is 12.0. The fraction of sp³-hybridized carbons (Fsp3) is 0.538. The van der Waals surface area contributed by atoms with Crippen LogP contribution in [0.4, 0.5) is 8.78 Å². The molecule has 1 atom stereocenters. The number of sulfonamides is 1. The highest BCUT2D eigenvalue weighted by Crippen LogP contribution is 2.18. The number of ether oxygens (including phenoxy) is 1. The number of rotatable bonds is 6. The van der Waals surface area contributed by atoms with Crippen LogP contribution >= 0.6 is 0 Å². The molecule has 128 valence electrons. The van der Waals surface area contributed by atoms with Crippen molar-refractivity contribution < 1.29 is 26.7 Å². The van der Waals surface area contributed by atoms with Crippen molar-refractivity contribution in [3.63, 3.8) is 0 Å². The molecule has 0 spiro atoms. The Balaban J connectivity index is 1.83. The lowest BCUT2D eigenvalue weighted by molar-refractivity contribution is -0.0528. The van der Waals surface area contributed by atoms with Gasteiger partial charge in [-0.3, -0.25) is 4.79 Å². The number of nitrogens with one attached hydrogen (secondary N) is 1. The number of hydrogen-bond donors (Lipinski definition) is 1. The average Bonchev–Trinajstić information content (AvgIpc) is 2.94. The number of pyridine rings is 1. The van der Waals surface area contributed by atoms with Crippen molar-refractivity contribution in [2.24, 2.45) is 5.92 Å². The molecule has 7 nitrogen and oxygen atoms in total. The second kappa shape index (κ2) is 7.18. The molecule has 1 unspecified atom stereocenters. The first-order valence-corrected chi connectivity index (χ1v) is 8.74. The van der Waals surface area contributed by atoms with Gasteiger partial charge in [0.2, 0.25) is 15.9 Å². The number of aromatic nitrogens is 1. The summed E-state index contributed by atoms with van der Waals surface area (Å²) in [5.41, 5.74) is 0.213. The number of amides is 1. The molecule has 1 N–H and O–H groups in total. The lowest BCUT2D eigenvalue weighted by atomic mass is 10.1. The van der Waals surface area contributed by atoms with E-state index in [9.17, 15) is 22.0 Å². The van der Waals surface area contributed by atoms with E-state index in [0.717, 1.165) is 12.5 Å². The molecule has 2 rings (SSSR count). The quantitative estimate of drug-likeness (QED) is 0.816. The molecule has 1 aliphatic heterocycles. The van der Waals surface area contributed by atoms with Crippen LogP contribution in [0.2, 0.25) is 0 Å². The van der Waals surface area contributed by atoms with E-state index in [0.29, 0.717) is 26.1 Å². The van der Waals surface area contributed by atoms with Crippen molar-refractivity contribution >= 4 is 15.9 Å². The van der Waals surface area contributed by atoms with Crippen molar-refractivity contribution in [2.45, 2.75) is 13.0 Å². The van der Waals surface area contributed by atoms with E-state index in [2.05, 4.69) is 15.0 Å². The lowest BCUT2D eigenvalue weighted by Crippen LogP contribution is -2.32. The van der Waals surface area contributed by atoms with Gasteiger partial charge in [0, 0.05) is 31.9 Å². The summed E-state index contributed by atoms with van der Waals surface area (Å²) in [5.74, 6) is -0.627. The van der Waals surface area contributed by atoms with Gasteiger partial charge in [-0.05, 0) is 18.4 Å². The van der Waals surface area contributed by atoms with E-state index >= 15 is 0 Å². The second-order valence-electron chi connectivity index (χ2n) is 5.25. The fourth-order valence-electron chi connectivity index (χ4n) is 2.28. The summed E-state index contributed by atoms with van der Waals surface area (Å²) in [7, 11) is -3.21. The molecule has 0 radical (unpaired) electrons. The highest BCUT2D eigenvalue weighted by atomic mass is 32.2. The van der Waals surface area contributed by atoms with Crippen LogP contribution in [0.5, 0.6) is 5.88 Å². The standard InChI is InChI=1S/C13H17F2N3O4S/c1-23(20,21)18-5-4-9(8-18)6-17-12(19)10-2-3-11(16-7-10)22-13(14)15/h2-3,7,9,13H,4-6,8H2,1H3,(H,17,19). The summed E-state index contributed by atoms with van der Waals surface area (Å²) in [4.78, 5) is 15.6. The molecular weight excluding hydrogens is 332 g/mol. The SMILES string of the molecule is CS(=O)(=O)N1CCC(CNC(=O)c2ccc(OC(F)F)nc2)C1. The third-order valence-corrected chi connectivity index (χ3v) is 4.75. The van der Waals surface area contributed by atoms with Gasteiger partial charge >= 0.3 is 6.61 Å². The molecule has 1 aliphatic rings. The van der Waals surface area contributed by atoms with Gasteiger partial charge in [0.25, 0.3) is 5.91 Å². The number of halogens is 2. The minimum Gasteiger partial charge on any atom is -0.417 e. The van der Waals surface area contributed by atoms with Crippen molar-refractivity contribution in [1.82, 2.24) is 14.6 Å². The van der Waals surface area contributed by atoms with Crippen LogP contribution in [0.25, 0.3) is 0 Å². The summed E-state index contributed by atoms with van der Waals surface area (Å²) in [6, 6.07) is 2.51. The van der Waals surface area contributed by atoms with Crippen LogP contribution in [0.1, 0.15) is 16.8 Å². The number of carbonyl (C=O) groups is 1. The third kappa shape index (κ3) is 5.10. The van der Waals surface area contributed by atoms with Gasteiger partial charge in [-0.25, -0.2) is 17.7 Å². The first-order chi connectivity index (χ1) is 10.8. The first-order valence-electron chi connectivity index (χ1n) is 6.90. The molecule has 0 bridgehead atoms. The highest BCUT2D eigenvalue weighted by molar-refractivity contribution is 7.88. The van der Waals surface area contributed by atoms with Crippen molar-refractivity contribution in [3.8, 4) is 5.88 Å². The Labute approximate surface area is 132 Å². The van der Waals surface area contributed by atoms with Gasteiger partial charge in [0.05, 0.1) is 11.8 Å². The first kappa shape index (κ1) is 17.5. The summed E-state index contributed by atoms with van der Waals surface area (Å²) >= 11 is 0. The minimum atomic E-state index is -3.21. The number of nitrogens with zero attached hydrogens (tertiary/aromatic N) is 2. The zero-order valence-electron chi connectivity index (χ0n) is 12.4. The van der Waals surface area contributed by atoms with Crippen LogP contribution in [0, 0.1) is 5.92 Å². The van der Waals surface area contributed by atoms with Crippen LogP contribution in [-0.2, 0) is 10.0 Å². The minimum absolute atomic E-state index is 0.0445. The van der Waals surface area contributed by atoms with E-state index in [1.54, 1.807) is 0 Å². The predicted molar refractivity (Wildman–Crippen MR) is 77.7 cm³/mol. The zero-order chi connectivity index (χ0) is 17.0. The smallest absolute Gasteiger partial charge is 0.388 e. The molecule has 2 heterocycles. The summed E-state index contributed by atoms with van der Waals surface area (Å²) in [5, 5.41) is 2.68. The number of hydrogen-bond acceptors (Lipinski definition) is 5. The van der Waals surface area contributed by atoms with E-state index in [-0.39, 0.29) is 17.4 Å². The van der Waals surface area contributed by atoms with E-state index in [1.165, 1.54) is 16.4 Å². The molecule has 1 saturated heterocycles. The summed E-state index contributed by atoms with van der Waals surface area (Å²) < 4.78 is 52.3. The predicted octanol–water partition coefficient (Wildman–Crippen LogP) is 0.694. The van der Waals surface area contributed by atoms with Crippen LogP contribution in [0.15, 0.2) is 18.3 Å². The van der Waals surface area contributed by atoms with Gasteiger partial charge in [-0.1, -0.05) is 0 Å². The molecule has 0 saturated carbocycles. The lowest BCUT2D eigenvalue weighted by Gasteiger charge is -2.14. The maximum Gasteiger partial charge on any atom is 0.388 e. The average molecular weight is 349 g/mol. The highest BCUT2D eigenvalue weighted by Gasteiger charge is 2.28. The maximum absolute atomic E-state index is 12.0. The monoisotopic (exact) mass is 349 g/mol. The molecule has 0 aliphatic carbocycles. The molecule has 1 aromatic heterocycles. The molecule has 1 fully saturated rings. The van der Waals surface area contributed by atoms with Crippen LogP contribution in [0.3, 0.4) is 0 Å². The van der Waals surface area contributed by atoms with Gasteiger partial charge in [0.15, 0.2) is 0 Å². The summed E-state index contributed by atoms with van der Waals surface area (Å²) in [6.45, 7) is -1.82. The van der Waals surface area contributed by atoms with Crippen LogP contribution < -0.4 is 10.1 Å². The van der Waals surface area contributed by atoms with Crippen molar-refractivity contribution in [2.75, 3.05) is 25.9 Å². The second-order valence-corrected chi connectivity index (χ2v) is 7.23. The van der Waals surface area contributed by atoms with E-state index in [1.807, 2.05) is 0 Å². The van der Waals surface area contributed by atoms with Crippen molar-refractivity contribution in [3.05, 3.63) is 23.9 Å². The Kier molecular flexibility index (Phi) is 5.47. The number of alkyl halides is 2. The third-order valence-electron chi connectivity index (χ3n) is 3.48. The van der Waals surface area contributed by atoms with Gasteiger partial charge in [-0.2, -0.15) is 8.78 Å². The van der Waals surface area contributed by atoms with Crippen molar-refractivity contribution in [1.29, 1.82) is 0 Å². The Morgan fingerprint density at radius 2 is 2.26 bits per heavy atom. The van der Waals surface area contributed by atoms with Crippen LogP contribution in [-0.4, -0.2) is 56.1 Å². The summed E-state index contributed by atoms with van der Waals surface area (Å²) in [6.07, 6.45) is 2.97. The normalized spacial score (nSPS) is 19.0. The molecule has 1 amide bonds. The molecule has 23 heavy (non-hydrogen) atoms. The fourth-order valence-corrected chi connectivity index (χ4v) is 3.20. The number of carbonyl (C=O) groups excluding carboxylic acids is 1. The van der Waals surface area contributed by atoms with E-state index < -0.39 is 22.5 Å². The molecular formula is C13H17F2N3O4S. The van der Waals surface area contributed by atoms with Gasteiger partial charge in [0.1, 0.15) is 0 Å². The molecule has 0 aromatic carbocycles. The van der Waals surface area contributed by atoms with Gasteiger partial charge < -0.3 is 10.1 Å². The molecule has 1 aromatic rings.